The standard InChI is InChI=1S/C13H15FN/c1-9(2)3-4-10-8-15-13-6-5-11(14)7-12(10)13/h5-8,15H,3-4H2,1-2H3. The first-order valence-electron chi connectivity index (χ1n) is 5.21. The molecule has 1 nitrogen and oxygen atoms in total. The maximum absolute atomic E-state index is 13.1. The molecule has 0 saturated carbocycles. The van der Waals surface area contributed by atoms with E-state index in [0.717, 1.165) is 23.7 Å². The third-order valence-electron chi connectivity index (χ3n) is 2.62. The Morgan fingerprint density at radius 1 is 1.33 bits per heavy atom. The van der Waals surface area contributed by atoms with Crippen molar-refractivity contribution in [1.29, 1.82) is 0 Å². The van der Waals surface area contributed by atoms with E-state index in [-0.39, 0.29) is 5.82 Å². The molecule has 2 aromatic rings. The fourth-order valence-corrected chi connectivity index (χ4v) is 1.74. The zero-order valence-corrected chi connectivity index (χ0v) is 9.10. The lowest BCUT2D eigenvalue weighted by atomic mass is 10.0. The summed E-state index contributed by atoms with van der Waals surface area (Å²) in [6, 6.07) is 4.88. The molecule has 2 rings (SSSR count). The highest BCUT2D eigenvalue weighted by atomic mass is 19.1. The van der Waals surface area contributed by atoms with Gasteiger partial charge in [-0.05, 0) is 42.5 Å². The van der Waals surface area contributed by atoms with Gasteiger partial charge in [-0.15, -0.1) is 0 Å². The molecule has 0 spiro atoms. The Morgan fingerprint density at radius 2 is 2.13 bits per heavy atom. The number of aromatic nitrogens is 1. The summed E-state index contributed by atoms with van der Waals surface area (Å²) >= 11 is 0. The van der Waals surface area contributed by atoms with Crippen LogP contribution in [0.15, 0.2) is 24.4 Å². The van der Waals surface area contributed by atoms with Gasteiger partial charge >= 0.3 is 0 Å². The van der Waals surface area contributed by atoms with Crippen LogP contribution in [0.5, 0.6) is 0 Å². The molecule has 79 valence electrons. The van der Waals surface area contributed by atoms with Gasteiger partial charge in [-0.2, -0.15) is 0 Å². The highest BCUT2D eigenvalue weighted by Gasteiger charge is 2.05. The van der Waals surface area contributed by atoms with Crippen LogP contribution in [0.4, 0.5) is 4.39 Å². The second kappa shape index (κ2) is 4.05. The molecular formula is C13H15FN. The molecule has 2 heteroatoms. The molecule has 0 unspecified atom stereocenters. The van der Waals surface area contributed by atoms with Gasteiger partial charge in [0.25, 0.3) is 0 Å². The van der Waals surface area contributed by atoms with E-state index >= 15 is 0 Å². The summed E-state index contributed by atoms with van der Waals surface area (Å²) in [6.45, 7) is 4.24. The van der Waals surface area contributed by atoms with E-state index in [1.165, 1.54) is 17.5 Å². The maximum Gasteiger partial charge on any atom is 0.123 e. The van der Waals surface area contributed by atoms with Crippen molar-refractivity contribution in [2.75, 3.05) is 0 Å². The van der Waals surface area contributed by atoms with Gasteiger partial charge in [0.05, 0.1) is 0 Å². The summed E-state index contributed by atoms with van der Waals surface area (Å²) in [4.78, 5) is 3.16. The summed E-state index contributed by atoms with van der Waals surface area (Å²) in [5, 5.41) is 1.01. The predicted octanol–water partition coefficient (Wildman–Crippen LogP) is 3.85. The number of rotatable bonds is 3. The molecule has 0 aliphatic carbocycles. The molecule has 0 aliphatic rings. The Morgan fingerprint density at radius 3 is 2.87 bits per heavy atom. The van der Waals surface area contributed by atoms with Gasteiger partial charge in [-0.25, -0.2) is 4.39 Å². The van der Waals surface area contributed by atoms with E-state index in [4.69, 9.17) is 0 Å². The second-order valence-corrected chi connectivity index (χ2v) is 4.21. The highest BCUT2D eigenvalue weighted by molar-refractivity contribution is 5.83. The molecule has 1 heterocycles. The molecule has 0 aliphatic heterocycles. The van der Waals surface area contributed by atoms with Gasteiger partial charge in [-0.1, -0.05) is 13.8 Å². The van der Waals surface area contributed by atoms with Crippen molar-refractivity contribution in [2.24, 2.45) is 0 Å². The van der Waals surface area contributed by atoms with Gasteiger partial charge < -0.3 is 4.98 Å². The van der Waals surface area contributed by atoms with Crippen molar-refractivity contribution in [3.63, 3.8) is 0 Å². The molecular weight excluding hydrogens is 189 g/mol. The largest absolute Gasteiger partial charge is 0.361 e. The number of aromatic amines is 1. The average Bonchev–Trinajstić information content (AvgIpc) is 2.57. The lowest BCUT2D eigenvalue weighted by Gasteiger charge is -2.02. The van der Waals surface area contributed by atoms with E-state index in [9.17, 15) is 4.39 Å². The molecule has 0 bridgehead atoms. The van der Waals surface area contributed by atoms with Crippen LogP contribution >= 0.6 is 0 Å². The van der Waals surface area contributed by atoms with Crippen LogP contribution in [0, 0.1) is 11.7 Å². The number of hydrogen-bond donors (Lipinski definition) is 1. The van der Waals surface area contributed by atoms with Crippen LogP contribution in [0.2, 0.25) is 0 Å². The monoisotopic (exact) mass is 204 g/mol. The van der Waals surface area contributed by atoms with Gasteiger partial charge in [0.1, 0.15) is 5.82 Å². The van der Waals surface area contributed by atoms with Crippen molar-refractivity contribution in [3.8, 4) is 0 Å². The predicted molar refractivity (Wildman–Crippen MR) is 61.2 cm³/mol. The van der Waals surface area contributed by atoms with Crippen molar-refractivity contribution in [3.05, 3.63) is 41.7 Å². The maximum atomic E-state index is 13.1. The molecule has 1 radical (unpaired) electrons. The molecule has 1 aromatic carbocycles. The minimum atomic E-state index is -0.166. The molecule has 0 saturated heterocycles. The van der Waals surface area contributed by atoms with E-state index in [1.54, 1.807) is 12.1 Å². The van der Waals surface area contributed by atoms with Gasteiger partial charge in [0.15, 0.2) is 0 Å². The van der Waals surface area contributed by atoms with Crippen molar-refractivity contribution in [2.45, 2.75) is 26.7 Å². The summed E-state index contributed by atoms with van der Waals surface area (Å²) in [5.41, 5.74) is 2.21. The van der Waals surface area contributed by atoms with Crippen molar-refractivity contribution >= 4 is 10.9 Å². The summed E-state index contributed by atoms with van der Waals surface area (Å²) in [6.07, 6.45) is 4.02. The zero-order chi connectivity index (χ0) is 10.8. The Balaban J connectivity index is 2.31. The summed E-state index contributed by atoms with van der Waals surface area (Å²) < 4.78 is 13.1. The molecule has 0 amide bonds. The van der Waals surface area contributed by atoms with Crippen molar-refractivity contribution < 1.29 is 4.39 Å². The third kappa shape index (κ3) is 2.20. The fraction of sp³-hybridized carbons (Fsp3) is 0.308. The van der Waals surface area contributed by atoms with E-state index in [1.807, 2.05) is 6.20 Å². The normalized spacial score (nSPS) is 11.5. The minimum Gasteiger partial charge on any atom is -0.361 e. The van der Waals surface area contributed by atoms with Crippen molar-refractivity contribution in [1.82, 2.24) is 4.98 Å². The van der Waals surface area contributed by atoms with Crippen LogP contribution in [-0.2, 0) is 6.42 Å². The SMILES string of the molecule is C[C](C)CCc1c[nH]c2ccc(F)cc12. The lowest BCUT2D eigenvalue weighted by molar-refractivity contribution is 0.629. The van der Waals surface area contributed by atoms with Crippen LogP contribution in [0.25, 0.3) is 10.9 Å². The Bertz CT molecular complexity index is 457. The minimum absolute atomic E-state index is 0.166. The van der Waals surface area contributed by atoms with Gasteiger partial charge in [-0.3, -0.25) is 0 Å². The number of aryl methyl sites for hydroxylation is 1. The zero-order valence-electron chi connectivity index (χ0n) is 9.10. The van der Waals surface area contributed by atoms with E-state index < -0.39 is 0 Å². The quantitative estimate of drug-likeness (QED) is 0.781. The molecule has 1 N–H and O–H groups in total. The summed E-state index contributed by atoms with van der Waals surface area (Å²) in [7, 11) is 0. The average molecular weight is 204 g/mol. The van der Waals surface area contributed by atoms with Crippen LogP contribution in [-0.4, -0.2) is 4.98 Å². The first-order valence-corrected chi connectivity index (χ1v) is 5.21. The lowest BCUT2D eigenvalue weighted by Crippen LogP contribution is -1.89. The van der Waals surface area contributed by atoms with Crippen LogP contribution in [0.3, 0.4) is 0 Å². The number of halogens is 1. The Kier molecular flexibility index (Phi) is 2.76. The molecule has 1 aromatic heterocycles. The topological polar surface area (TPSA) is 15.8 Å². The third-order valence-corrected chi connectivity index (χ3v) is 2.62. The highest BCUT2D eigenvalue weighted by Crippen LogP contribution is 2.21. The number of hydrogen-bond acceptors (Lipinski definition) is 0. The first-order chi connectivity index (χ1) is 7.16. The van der Waals surface area contributed by atoms with Gasteiger partial charge in [0, 0.05) is 17.1 Å². The summed E-state index contributed by atoms with van der Waals surface area (Å²) in [5.74, 6) is 1.24. The van der Waals surface area contributed by atoms with E-state index in [2.05, 4.69) is 18.8 Å². The molecule has 15 heavy (non-hydrogen) atoms. The molecule has 0 atom stereocenters. The number of H-pyrrole nitrogens is 1. The number of fused-ring (bicyclic) bond motifs is 1. The molecule has 0 fully saturated rings. The van der Waals surface area contributed by atoms with Crippen LogP contribution < -0.4 is 0 Å². The fourth-order valence-electron chi connectivity index (χ4n) is 1.74. The number of nitrogens with one attached hydrogen (secondary N) is 1. The first kappa shape index (κ1) is 10.2. The number of benzene rings is 1. The Hall–Kier alpha value is -1.31. The Labute approximate surface area is 89.3 Å². The van der Waals surface area contributed by atoms with Gasteiger partial charge in [0.2, 0.25) is 0 Å². The van der Waals surface area contributed by atoms with E-state index in [0.29, 0.717) is 0 Å². The smallest absolute Gasteiger partial charge is 0.123 e. The second-order valence-electron chi connectivity index (χ2n) is 4.21. The van der Waals surface area contributed by atoms with Crippen LogP contribution in [0.1, 0.15) is 25.8 Å².